The Hall–Kier alpha value is -1.58. The first-order valence-electron chi connectivity index (χ1n) is 7.02. The summed E-state index contributed by atoms with van der Waals surface area (Å²) in [6.07, 6.45) is 9.08. The summed E-state index contributed by atoms with van der Waals surface area (Å²) in [7, 11) is 0. The van der Waals surface area contributed by atoms with Crippen LogP contribution in [0.2, 0.25) is 0 Å². The molecule has 0 aromatic carbocycles. The van der Waals surface area contributed by atoms with Gasteiger partial charge in [0.15, 0.2) is 0 Å². The first-order chi connectivity index (χ1) is 9.11. The molecule has 0 atom stereocenters. The average Bonchev–Trinajstić information content (AvgIpc) is 2.37. The maximum atomic E-state index is 11.0. The number of carboxylic acid groups (broad SMARTS) is 1. The molecule has 0 amide bonds. The van der Waals surface area contributed by atoms with Gasteiger partial charge in [-0.05, 0) is 18.4 Å². The largest absolute Gasteiger partial charge is 0.478 e. The summed E-state index contributed by atoms with van der Waals surface area (Å²) < 4.78 is 0. The van der Waals surface area contributed by atoms with Crippen LogP contribution in [0.5, 0.6) is 0 Å². The van der Waals surface area contributed by atoms with Crippen LogP contribution in [-0.4, -0.2) is 22.6 Å². The highest BCUT2D eigenvalue weighted by Crippen LogP contribution is 2.14. The predicted molar refractivity (Wildman–Crippen MR) is 77.6 cm³/mol. The number of aromatic nitrogens is 1. The van der Waals surface area contributed by atoms with Crippen LogP contribution in [0.1, 0.15) is 56.3 Å². The first-order valence-corrected chi connectivity index (χ1v) is 7.02. The molecule has 1 aromatic rings. The van der Waals surface area contributed by atoms with Crippen LogP contribution < -0.4 is 5.32 Å². The van der Waals surface area contributed by atoms with Crippen molar-refractivity contribution in [2.75, 3.05) is 11.9 Å². The first kappa shape index (κ1) is 15.5. The van der Waals surface area contributed by atoms with E-state index in [2.05, 4.69) is 24.1 Å². The maximum absolute atomic E-state index is 11.0. The fourth-order valence-corrected chi connectivity index (χ4v) is 1.97. The van der Waals surface area contributed by atoms with Crippen LogP contribution in [0.4, 0.5) is 5.69 Å². The zero-order valence-corrected chi connectivity index (χ0v) is 11.9. The summed E-state index contributed by atoms with van der Waals surface area (Å²) >= 11 is 0. The van der Waals surface area contributed by atoms with Gasteiger partial charge < -0.3 is 10.4 Å². The number of anilines is 1. The molecule has 0 aliphatic heterocycles. The lowest BCUT2D eigenvalue weighted by Crippen LogP contribution is -2.08. The highest BCUT2D eigenvalue weighted by molar-refractivity contribution is 5.93. The second-order valence-electron chi connectivity index (χ2n) is 5.25. The van der Waals surface area contributed by atoms with Gasteiger partial charge in [-0.2, -0.15) is 0 Å². The Balaban J connectivity index is 2.21. The topological polar surface area (TPSA) is 62.2 Å². The highest BCUT2D eigenvalue weighted by Gasteiger charge is 2.08. The van der Waals surface area contributed by atoms with Gasteiger partial charge in [-0.3, -0.25) is 4.98 Å². The second-order valence-corrected chi connectivity index (χ2v) is 5.25. The molecule has 4 nitrogen and oxygen atoms in total. The van der Waals surface area contributed by atoms with Gasteiger partial charge >= 0.3 is 5.97 Å². The van der Waals surface area contributed by atoms with Crippen LogP contribution in [-0.2, 0) is 0 Å². The van der Waals surface area contributed by atoms with Crippen molar-refractivity contribution in [1.29, 1.82) is 0 Å². The number of unbranched alkanes of at least 4 members (excludes halogenated alkanes) is 3. The molecule has 4 heteroatoms. The average molecular weight is 264 g/mol. The number of carbonyl (C=O) groups is 1. The molecule has 0 unspecified atom stereocenters. The highest BCUT2D eigenvalue weighted by atomic mass is 16.4. The van der Waals surface area contributed by atoms with Crippen molar-refractivity contribution in [3.8, 4) is 0 Å². The minimum atomic E-state index is -0.937. The SMILES string of the molecule is CC(C)CCCCCCNc1ccncc1C(=O)O. The van der Waals surface area contributed by atoms with Gasteiger partial charge in [0, 0.05) is 18.9 Å². The zero-order chi connectivity index (χ0) is 14.1. The number of nitrogens with one attached hydrogen (secondary N) is 1. The monoisotopic (exact) mass is 264 g/mol. The van der Waals surface area contributed by atoms with Crippen molar-refractivity contribution >= 4 is 11.7 Å². The number of aromatic carboxylic acids is 1. The van der Waals surface area contributed by atoms with Crippen molar-refractivity contribution < 1.29 is 9.90 Å². The van der Waals surface area contributed by atoms with Crippen molar-refractivity contribution in [2.45, 2.75) is 46.0 Å². The summed E-state index contributed by atoms with van der Waals surface area (Å²) in [5, 5.41) is 12.2. The molecule has 0 fully saturated rings. The number of nitrogens with zero attached hydrogens (tertiary/aromatic N) is 1. The standard InChI is InChI=1S/C15H24N2O2/c1-12(2)7-5-3-4-6-9-17-14-8-10-16-11-13(14)15(18)19/h8,10-12H,3-7,9H2,1-2H3,(H,16,17)(H,18,19). The van der Waals surface area contributed by atoms with Gasteiger partial charge in [0.1, 0.15) is 5.56 Å². The van der Waals surface area contributed by atoms with E-state index in [1.807, 2.05) is 0 Å². The van der Waals surface area contributed by atoms with Crippen LogP contribution in [0.3, 0.4) is 0 Å². The number of carboxylic acids is 1. The number of hydrogen-bond donors (Lipinski definition) is 2. The molecule has 19 heavy (non-hydrogen) atoms. The van der Waals surface area contributed by atoms with Crippen LogP contribution in [0.15, 0.2) is 18.5 Å². The van der Waals surface area contributed by atoms with Crippen molar-refractivity contribution in [3.63, 3.8) is 0 Å². The third-order valence-corrected chi connectivity index (χ3v) is 3.08. The second kappa shape index (κ2) is 8.51. The Labute approximate surface area is 115 Å². The number of rotatable bonds is 9. The van der Waals surface area contributed by atoms with Crippen molar-refractivity contribution in [2.24, 2.45) is 5.92 Å². The van der Waals surface area contributed by atoms with E-state index in [0.29, 0.717) is 5.69 Å². The van der Waals surface area contributed by atoms with E-state index in [4.69, 9.17) is 5.11 Å². The molecule has 0 spiro atoms. The van der Waals surface area contributed by atoms with Crippen LogP contribution in [0.25, 0.3) is 0 Å². The lowest BCUT2D eigenvalue weighted by Gasteiger charge is -2.09. The lowest BCUT2D eigenvalue weighted by molar-refractivity contribution is 0.0697. The zero-order valence-electron chi connectivity index (χ0n) is 11.9. The maximum Gasteiger partial charge on any atom is 0.339 e. The Morgan fingerprint density at radius 1 is 1.32 bits per heavy atom. The molecule has 0 saturated carbocycles. The summed E-state index contributed by atoms with van der Waals surface area (Å²) in [5.74, 6) is -0.152. The fraction of sp³-hybridized carbons (Fsp3) is 0.600. The van der Waals surface area contributed by atoms with Crippen molar-refractivity contribution in [3.05, 3.63) is 24.0 Å². The Morgan fingerprint density at radius 2 is 2.05 bits per heavy atom. The molecular formula is C15H24N2O2. The van der Waals surface area contributed by atoms with Gasteiger partial charge in [-0.1, -0.05) is 39.5 Å². The van der Waals surface area contributed by atoms with E-state index in [-0.39, 0.29) is 5.56 Å². The van der Waals surface area contributed by atoms with Gasteiger partial charge in [0.25, 0.3) is 0 Å². The molecule has 0 aliphatic rings. The summed E-state index contributed by atoms with van der Waals surface area (Å²) in [4.78, 5) is 14.8. The summed E-state index contributed by atoms with van der Waals surface area (Å²) in [6.45, 7) is 5.31. The third kappa shape index (κ3) is 6.22. The molecule has 2 N–H and O–H groups in total. The smallest absolute Gasteiger partial charge is 0.339 e. The molecule has 0 bridgehead atoms. The Kier molecular flexibility index (Phi) is 6.93. The summed E-state index contributed by atoms with van der Waals surface area (Å²) in [6, 6.07) is 1.71. The molecule has 1 heterocycles. The van der Waals surface area contributed by atoms with E-state index in [1.165, 1.54) is 31.9 Å². The van der Waals surface area contributed by atoms with Gasteiger partial charge in [0.2, 0.25) is 0 Å². The summed E-state index contributed by atoms with van der Waals surface area (Å²) in [5.41, 5.74) is 0.895. The predicted octanol–water partition coefficient (Wildman–Crippen LogP) is 3.80. The van der Waals surface area contributed by atoms with E-state index in [1.54, 1.807) is 12.3 Å². The molecule has 1 rings (SSSR count). The van der Waals surface area contributed by atoms with Crippen molar-refractivity contribution in [1.82, 2.24) is 4.98 Å². The normalized spacial score (nSPS) is 10.7. The Bertz CT molecular complexity index is 391. The van der Waals surface area contributed by atoms with Crippen LogP contribution in [0, 0.1) is 5.92 Å². The lowest BCUT2D eigenvalue weighted by atomic mass is 10.0. The molecular weight excluding hydrogens is 240 g/mol. The fourth-order valence-electron chi connectivity index (χ4n) is 1.97. The van der Waals surface area contributed by atoms with Gasteiger partial charge in [-0.15, -0.1) is 0 Å². The molecule has 0 radical (unpaired) electrons. The van der Waals surface area contributed by atoms with Gasteiger partial charge in [0.05, 0.1) is 5.69 Å². The van der Waals surface area contributed by atoms with E-state index < -0.39 is 5.97 Å². The third-order valence-electron chi connectivity index (χ3n) is 3.08. The quantitative estimate of drug-likeness (QED) is 0.666. The van der Waals surface area contributed by atoms with Crippen LogP contribution >= 0.6 is 0 Å². The number of hydrogen-bond acceptors (Lipinski definition) is 3. The minimum Gasteiger partial charge on any atom is -0.478 e. The van der Waals surface area contributed by atoms with E-state index in [0.717, 1.165) is 18.9 Å². The molecule has 106 valence electrons. The molecule has 0 aliphatic carbocycles. The van der Waals surface area contributed by atoms with E-state index in [9.17, 15) is 4.79 Å². The number of pyridine rings is 1. The minimum absolute atomic E-state index is 0.238. The molecule has 0 saturated heterocycles. The van der Waals surface area contributed by atoms with E-state index >= 15 is 0 Å². The molecule has 1 aromatic heterocycles. The Morgan fingerprint density at radius 3 is 2.74 bits per heavy atom. The van der Waals surface area contributed by atoms with Gasteiger partial charge in [-0.25, -0.2) is 4.79 Å².